The van der Waals surface area contributed by atoms with Crippen LogP contribution in [0.15, 0.2) is 48.7 Å². The summed E-state index contributed by atoms with van der Waals surface area (Å²) in [7, 11) is 0. The standard InChI is InChI=1S/C18H13FN4O2/c1-10-9-23-16(20-10)14-6-5-11(17(24)25)7-15(14)22-18(23)21-13-4-2-3-12(19)8-13/h2-9H,1H3,(H,21,22)(H,24,25). The van der Waals surface area contributed by atoms with Gasteiger partial charge in [0, 0.05) is 17.3 Å². The fraction of sp³-hybridized carbons (Fsp3) is 0.0556. The Morgan fingerprint density at radius 1 is 1.20 bits per heavy atom. The zero-order chi connectivity index (χ0) is 17.6. The minimum atomic E-state index is -1.03. The maximum atomic E-state index is 13.4. The third-order valence-corrected chi connectivity index (χ3v) is 3.85. The number of nitrogens with one attached hydrogen (secondary N) is 1. The first-order valence-corrected chi connectivity index (χ1v) is 7.56. The highest BCUT2D eigenvalue weighted by molar-refractivity contribution is 5.98. The van der Waals surface area contributed by atoms with E-state index in [9.17, 15) is 14.3 Å². The molecule has 7 heteroatoms. The molecule has 0 aliphatic carbocycles. The molecule has 0 saturated heterocycles. The number of halogens is 1. The predicted octanol–water partition coefficient (Wildman–Crippen LogP) is 3.77. The van der Waals surface area contributed by atoms with E-state index in [0.717, 1.165) is 11.1 Å². The third kappa shape index (κ3) is 2.65. The summed E-state index contributed by atoms with van der Waals surface area (Å²) in [5, 5.41) is 13.0. The Morgan fingerprint density at radius 2 is 2.04 bits per heavy atom. The van der Waals surface area contributed by atoms with Crippen LogP contribution in [0.4, 0.5) is 16.0 Å². The van der Waals surface area contributed by atoms with E-state index >= 15 is 0 Å². The zero-order valence-corrected chi connectivity index (χ0v) is 13.2. The van der Waals surface area contributed by atoms with Gasteiger partial charge in [-0.1, -0.05) is 6.07 Å². The van der Waals surface area contributed by atoms with Crippen LogP contribution in [0.5, 0.6) is 0 Å². The van der Waals surface area contributed by atoms with Gasteiger partial charge in [0.1, 0.15) is 11.5 Å². The van der Waals surface area contributed by atoms with Crippen LogP contribution >= 0.6 is 0 Å². The molecule has 0 atom stereocenters. The lowest BCUT2D eigenvalue weighted by Gasteiger charge is -2.10. The molecule has 0 aliphatic heterocycles. The fourth-order valence-corrected chi connectivity index (χ4v) is 2.75. The molecule has 0 fully saturated rings. The number of carboxylic acids is 1. The second kappa shape index (κ2) is 5.55. The number of hydrogen-bond donors (Lipinski definition) is 2. The van der Waals surface area contributed by atoms with E-state index < -0.39 is 5.97 Å². The van der Waals surface area contributed by atoms with Crippen LogP contribution in [0.25, 0.3) is 16.6 Å². The fourth-order valence-electron chi connectivity index (χ4n) is 2.75. The van der Waals surface area contributed by atoms with Gasteiger partial charge in [0.2, 0.25) is 5.95 Å². The van der Waals surface area contributed by atoms with Gasteiger partial charge in [0.25, 0.3) is 0 Å². The summed E-state index contributed by atoms with van der Waals surface area (Å²) in [6, 6.07) is 10.7. The van der Waals surface area contributed by atoms with Crippen molar-refractivity contribution in [3.05, 3.63) is 65.7 Å². The van der Waals surface area contributed by atoms with Crippen LogP contribution in [-0.4, -0.2) is 25.4 Å². The molecule has 124 valence electrons. The number of aromatic carboxylic acids is 1. The molecule has 0 saturated carbocycles. The largest absolute Gasteiger partial charge is 0.478 e. The van der Waals surface area contributed by atoms with Crippen molar-refractivity contribution >= 4 is 34.2 Å². The van der Waals surface area contributed by atoms with Gasteiger partial charge in [0.15, 0.2) is 0 Å². The van der Waals surface area contributed by atoms with E-state index in [4.69, 9.17) is 0 Å². The Morgan fingerprint density at radius 3 is 2.80 bits per heavy atom. The highest BCUT2D eigenvalue weighted by atomic mass is 19.1. The lowest BCUT2D eigenvalue weighted by molar-refractivity contribution is 0.0697. The molecule has 6 nitrogen and oxygen atoms in total. The molecule has 2 N–H and O–H groups in total. The summed E-state index contributed by atoms with van der Waals surface area (Å²) in [5.41, 5.74) is 2.62. The number of rotatable bonds is 3. The van der Waals surface area contributed by atoms with Crippen molar-refractivity contribution in [2.45, 2.75) is 6.92 Å². The second-order valence-corrected chi connectivity index (χ2v) is 5.68. The second-order valence-electron chi connectivity index (χ2n) is 5.68. The maximum Gasteiger partial charge on any atom is 0.335 e. The molecule has 4 rings (SSSR count). The Balaban J connectivity index is 1.95. The summed E-state index contributed by atoms with van der Waals surface area (Å²) in [4.78, 5) is 20.2. The summed E-state index contributed by atoms with van der Waals surface area (Å²) >= 11 is 0. The first kappa shape index (κ1) is 15.1. The average molecular weight is 336 g/mol. The molecule has 0 amide bonds. The number of carboxylic acid groups (broad SMARTS) is 1. The van der Waals surface area contributed by atoms with E-state index in [0.29, 0.717) is 22.8 Å². The minimum Gasteiger partial charge on any atom is -0.478 e. The van der Waals surface area contributed by atoms with Gasteiger partial charge in [-0.25, -0.2) is 19.2 Å². The summed E-state index contributed by atoms with van der Waals surface area (Å²) in [6.45, 7) is 1.86. The molecule has 0 radical (unpaired) electrons. The van der Waals surface area contributed by atoms with Crippen molar-refractivity contribution in [3.8, 4) is 0 Å². The molecule has 0 unspecified atom stereocenters. The summed E-state index contributed by atoms with van der Waals surface area (Å²) in [5.74, 6) is -0.962. The number of aromatic nitrogens is 3. The Kier molecular flexibility index (Phi) is 3.35. The number of carbonyl (C=O) groups is 1. The number of hydrogen-bond acceptors (Lipinski definition) is 4. The Hall–Kier alpha value is -3.48. The van der Waals surface area contributed by atoms with Gasteiger partial charge in [-0.3, -0.25) is 4.40 Å². The van der Waals surface area contributed by atoms with E-state index in [-0.39, 0.29) is 11.4 Å². The number of imidazole rings is 1. The van der Waals surface area contributed by atoms with Gasteiger partial charge < -0.3 is 10.4 Å². The number of anilines is 2. The van der Waals surface area contributed by atoms with Crippen LogP contribution < -0.4 is 5.32 Å². The van der Waals surface area contributed by atoms with Gasteiger partial charge in [-0.15, -0.1) is 0 Å². The lowest BCUT2D eigenvalue weighted by atomic mass is 10.1. The van der Waals surface area contributed by atoms with Crippen molar-refractivity contribution in [2.75, 3.05) is 5.32 Å². The number of benzene rings is 2. The lowest BCUT2D eigenvalue weighted by Crippen LogP contribution is -2.03. The molecule has 25 heavy (non-hydrogen) atoms. The van der Waals surface area contributed by atoms with E-state index in [1.807, 2.05) is 13.1 Å². The zero-order valence-electron chi connectivity index (χ0n) is 13.2. The molecular formula is C18H13FN4O2. The van der Waals surface area contributed by atoms with E-state index in [1.165, 1.54) is 24.3 Å². The topological polar surface area (TPSA) is 79.5 Å². The third-order valence-electron chi connectivity index (χ3n) is 3.85. The quantitative estimate of drug-likeness (QED) is 0.595. The van der Waals surface area contributed by atoms with Crippen molar-refractivity contribution < 1.29 is 14.3 Å². The van der Waals surface area contributed by atoms with E-state index in [2.05, 4.69) is 15.3 Å². The molecule has 4 aromatic rings. The number of fused-ring (bicyclic) bond motifs is 3. The highest BCUT2D eigenvalue weighted by Gasteiger charge is 2.13. The first-order chi connectivity index (χ1) is 12.0. The monoisotopic (exact) mass is 336 g/mol. The summed E-state index contributed by atoms with van der Waals surface area (Å²) < 4.78 is 15.2. The van der Waals surface area contributed by atoms with Crippen LogP contribution in [0.1, 0.15) is 16.1 Å². The number of nitrogens with zero attached hydrogens (tertiary/aromatic N) is 3. The summed E-state index contributed by atoms with van der Waals surface area (Å²) in [6.07, 6.45) is 1.81. The predicted molar refractivity (Wildman–Crippen MR) is 91.9 cm³/mol. The molecule has 0 bridgehead atoms. The van der Waals surface area contributed by atoms with Gasteiger partial charge in [0.05, 0.1) is 16.8 Å². The van der Waals surface area contributed by atoms with E-state index in [1.54, 1.807) is 22.6 Å². The van der Waals surface area contributed by atoms with Crippen LogP contribution in [0.2, 0.25) is 0 Å². The molecule has 0 spiro atoms. The maximum absolute atomic E-state index is 13.4. The van der Waals surface area contributed by atoms with Gasteiger partial charge >= 0.3 is 5.97 Å². The first-order valence-electron chi connectivity index (χ1n) is 7.56. The van der Waals surface area contributed by atoms with Gasteiger partial charge in [-0.05, 0) is 43.3 Å². The van der Waals surface area contributed by atoms with Gasteiger partial charge in [-0.2, -0.15) is 0 Å². The SMILES string of the molecule is Cc1cn2c(Nc3cccc(F)c3)nc3cc(C(=O)O)ccc3c2n1. The molecule has 2 aromatic carbocycles. The van der Waals surface area contributed by atoms with Crippen LogP contribution in [0, 0.1) is 12.7 Å². The molecule has 2 aromatic heterocycles. The van der Waals surface area contributed by atoms with Crippen molar-refractivity contribution in [2.24, 2.45) is 0 Å². The Labute approximate surface area is 141 Å². The highest BCUT2D eigenvalue weighted by Crippen LogP contribution is 2.25. The molecule has 2 heterocycles. The van der Waals surface area contributed by atoms with Crippen molar-refractivity contribution in [1.29, 1.82) is 0 Å². The average Bonchev–Trinajstić information content (AvgIpc) is 2.96. The Bertz CT molecular complexity index is 1140. The van der Waals surface area contributed by atoms with Crippen LogP contribution in [-0.2, 0) is 0 Å². The van der Waals surface area contributed by atoms with Crippen molar-refractivity contribution in [3.63, 3.8) is 0 Å². The smallest absolute Gasteiger partial charge is 0.335 e. The molecule has 0 aliphatic rings. The normalized spacial score (nSPS) is 11.1. The molecular weight excluding hydrogens is 323 g/mol. The number of aryl methyl sites for hydroxylation is 1. The van der Waals surface area contributed by atoms with Crippen LogP contribution in [0.3, 0.4) is 0 Å². The van der Waals surface area contributed by atoms with Crippen molar-refractivity contribution in [1.82, 2.24) is 14.4 Å². The minimum absolute atomic E-state index is 0.143.